The fourth-order valence-corrected chi connectivity index (χ4v) is 1.84. The van der Waals surface area contributed by atoms with Crippen molar-refractivity contribution in [3.63, 3.8) is 0 Å². The molecule has 86 valence electrons. The average Bonchev–Trinajstić information content (AvgIpc) is 2.22. The molecule has 1 aromatic carbocycles. The highest BCUT2D eigenvalue weighted by Crippen LogP contribution is 2.35. The molecule has 0 spiro atoms. The number of hydrogen-bond donors (Lipinski definition) is 0. The minimum atomic E-state index is -0.0550. The van der Waals surface area contributed by atoms with E-state index in [0.29, 0.717) is 21.4 Å². The summed E-state index contributed by atoms with van der Waals surface area (Å²) in [5, 5.41) is 0.965. The van der Waals surface area contributed by atoms with E-state index in [1.165, 1.54) is 13.0 Å². The zero-order valence-corrected chi connectivity index (χ0v) is 10.8. The molecule has 0 fully saturated rings. The van der Waals surface area contributed by atoms with E-state index >= 15 is 0 Å². The number of halogens is 2. The normalized spacial score (nSPS) is 10.8. The van der Waals surface area contributed by atoms with Gasteiger partial charge < -0.3 is 4.74 Å². The Kier molecular flexibility index (Phi) is 4.39. The van der Waals surface area contributed by atoms with Crippen LogP contribution in [0.4, 0.5) is 0 Å². The second kappa shape index (κ2) is 5.37. The molecular formula is C12H12Cl2O2. The number of methoxy groups -OCH3 is 1. The molecule has 0 aliphatic rings. The van der Waals surface area contributed by atoms with E-state index in [-0.39, 0.29) is 5.78 Å². The van der Waals surface area contributed by atoms with Crippen molar-refractivity contribution in [2.75, 3.05) is 7.11 Å². The average molecular weight is 259 g/mol. The zero-order valence-electron chi connectivity index (χ0n) is 9.30. The first kappa shape index (κ1) is 13.1. The van der Waals surface area contributed by atoms with Gasteiger partial charge in [-0.15, -0.1) is 0 Å². The molecule has 0 aliphatic carbocycles. The van der Waals surface area contributed by atoms with Crippen molar-refractivity contribution in [3.05, 3.63) is 33.3 Å². The highest BCUT2D eigenvalue weighted by atomic mass is 35.5. The fraction of sp³-hybridized carbons (Fsp3) is 0.250. The van der Waals surface area contributed by atoms with Gasteiger partial charge in [0, 0.05) is 11.1 Å². The molecule has 0 aliphatic heterocycles. The number of ketones is 1. The minimum absolute atomic E-state index is 0.0550. The van der Waals surface area contributed by atoms with Gasteiger partial charge in [-0.05, 0) is 32.1 Å². The molecule has 0 aromatic heterocycles. The van der Waals surface area contributed by atoms with Crippen LogP contribution < -0.4 is 4.74 Å². The van der Waals surface area contributed by atoms with Crippen LogP contribution in [0.3, 0.4) is 0 Å². The molecule has 0 heterocycles. The number of rotatable bonds is 3. The third-order valence-corrected chi connectivity index (χ3v) is 2.95. The molecule has 0 atom stereocenters. The van der Waals surface area contributed by atoms with Gasteiger partial charge in [-0.3, -0.25) is 4.79 Å². The van der Waals surface area contributed by atoms with E-state index in [1.807, 2.05) is 6.92 Å². The predicted octanol–water partition coefficient (Wildman–Crippen LogP) is 3.91. The predicted molar refractivity (Wildman–Crippen MR) is 67.5 cm³/mol. The van der Waals surface area contributed by atoms with Crippen molar-refractivity contribution in [2.45, 2.75) is 13.8 Å². The molecule has 1 rings (SSSR count). The Morgan fingerprint density at radius 3 is 2.56 bits per heavy atom. The molecule has 0 bridgehead atoms. The van der Waals surface area contributed by atoms with Crippen LogP contribution in [0.5, 0.6) is 5.75 Å². The van der Waals surface area contributed by atoms with Crippen LogP contribution in [0.1, 0.15) is 18.1 Å². The lowest BCUT2D eigenvalue weighted by Gasteiger charge is -2.10. The molecule has 0 unspecified atom stereocenters. The Balaban J connectivity index is 3.30. The van der Waals surface area contributed by atoms with Gasteiger partial charge in [-0.1, -0.05) is 23.2 Å². The molecule has 0 saturated carbocycles. The molecule has 0 radical (unpaired) electrons. The number of carbonyl (C=O) groups excluding carboxylic acids is 1. The highest BCUT2D eigenvalue weighted by molar-refractivity contribution is 6.38. The summed E-state index contributed by atoms with van der Waals surface area (Å²) in [6, 6.07) is 1.68. The van der Waals surface area contributed by atoms with E-state index in [9.17, 15) is 4.79 Å². The third kappa shape index (κ3) is 2.77. The van der Waals surface area contributed by atoms with E-state index in [4.69, 9.17) is 27.9 Å². The largest absolute Gasteiger partial charge is 0.496 e. The van der Waals surface area contributed by atoms with Gasteiger partial charge in [0.2, 0.25) is 0 Å². The summed E-state index contributed by atoms with van der Waals surface area (Å²) in [4.78, 5) is 10.9. The van der Waals surface area contributed by atoms with Crippen LogP contribution in [0.25, 0.3) is 6.08 Å². The summed E-state index contributed by atoms with van der Waals surface area (Å²) in [5.41, 5.74) is 1.44. The van der Waals surface area contributed by atoms with Gasteiger partial charge in [-0.25, -0.2) is 0 Å². The fourth-order valence-electron chi connectivity index (χ4n) is 1.28. The number of benzene rings is 1. The molecule has 1 aromatic rings. The molecule has 0 amide bonds. The summed E-state index contributed by atoms with van der Waals surface area (Å²) in [6.45, 7) is 3.30. The summed E-state index contributed by atoms with van der Waals surface area (Å²) in [6.07, 6.45) is 3.04. The molecule has 0 N–H and O–H groups in total. The van der Waals surface area contributed by atoms with Gasteiger partial charge in [0.25, 0.3) is 0 Å². The van der Waals surface area contributed by atoms with Crippen LogP contribution in [0.15, 0.2) is 12.1 Å². The number of carbonyl (C=O) groups is 1. The quantitative estimate of drug-likeness (QED) is 0.769. The van der Waals surface area contributed by atoms with E-state index in [2.05, 4.69) is 0 Å². The summed E-state index contributed by atoms with van der Waals surface area (Å²) in [7, 11) is 1.56. The van der Waals surface area contributed by atoms with Crippen molar-refractivity contribution in [2.24, 2.45) is 0 Å². The number of allylic oxidation sites excluding steroid dienone is 1. The smallest absolute Gasteiger partial charge is 0.152 e. The lowest BCUT2D eigenvalue weighted by Crippen LogP contribution is -1.91. The van der Waals surface area contributed by atoms with Crippen molar-refractivity contribution in [1.29, 1.82) is 0 Å². The summed E-state index contributed by atoms with van der Waals surface area (Å²) in [5.74, 6) is 0.579. The van der Waals surface area contributed by atoms with Crippen molar-refractivity contribution >= 4 is 35.1 Å². The first-order valence-corrected chi connectivity index (χ1v) is 5.44. The minimum Gasteiger partial charge on any atom is -0.496 e. The van der Waals surface area contributed by atoms with Crippen LogP contribution in [-0.2, 0) is 4.79 Å². The topological polar surface area (TPSA) is 26.3 Å². The third-order valence-electron chi connectivity index (χ3n) is 2.16. The highest BCUT2D eigenvalue weighted by Gasteiger charge is 2.11. The maximum Gasteiger partial charge on any atom is 0.152 e. The Morgan fingerprint density at radius 1 is 1.44 bits per heavy atom. The standard InChI is InChI=1S/C12H12Cl2O2/c1-7(15)4-5-9-10(13)6-11(16-3)8(2)12(9)14/h4-6H,1-3H3/b5-4+. The van der Waals surface area contributed by atoms with Crippen LogP contribution >= 0.6 is 23.2 Å². The summed E-state index contributed by atoms with van der Waals surface area (Å²) >= 11 is 12.2. The Bertz CT molecular complexity index is 451. The lowest BCUT2D eigenvalue weighted by atomic mass is 10.1. The van der Waals surface area contributed by atoms with Gasteiger partial charge in [0.15, 0.2) is 5.78 Å². The Labute approximate surface area is 105 Å². The lowest BCUT2D eigenvalue weighted by molar-refractivity contribution is -0.112. The maximum absolute atomic E-state index is 10.9. The number of hydrogen-bond acceptors (Lipinski definition) is 2. The monoisotopic (exact) mass is 258 g/mol. The van der Waals surface area contributed by atoms with Crippen LogP contribution in [0.2, 0.25) is 10.0 Å². The van der Waals surface area contributed by atoms with Gasteiger partial charge >= 0.3 is 0 Å². The first-order chi connectivity index (χ1) is 7.47. The molecule has 16 heavy (non-hydrogen) atoms. The zero-order chi connectivity index (χ0) is 12.3. The molecule has 2 nitrogen and oxygen atoms in total. The van der Waals surface area contributed by atoms with E-state index < -0.39 is 0 Å². The van der Waals surface area contributed by atoms with Crippen molar-refractivity contribution in [3.8, 4) is 5.75 Å². The van der Waals surface area contributed by atoms with Gasteiger partial charge in [-0.2, -0.15) is 0 Å². The molecule has 4 heteroatoms. The summed E-state index contributed by atoms with van der Waals surface area (Å²) < 4.78 is 5.13. The van der Waals surface area contributed by atoms with Gasteiger partial charge in [0.05, 0.1) is 17.2 Å². The van der Waals surface area contributed by atoms with Crippen molar-refractivity contribution < 1.29 is 9.53 Å². The second-order valence-electron chi connectivity index (χ2n) is 3.36. The Morgan fingerprint density at radius 2 is 2.06 bits per heavy atom. The number of ether oxygens (including phenoxy) is 1. The van der Waals surface area contributed by atoms with E-state index in [0.717, 1.165) is 5.56 Å². The molecule has 0 saturated heterocycles. The molecular weight excluding hydrogens is 247 g/mol. The first-order valence-electron chi connectivity index (χ1n) is 4.68. The van der Waals surface area contributed by atoms with Crippen LogP contribution in [0, 0.1) is 6.92 Å². The van der Waals surface area contributed by atoms with Crippen molar-refractivity contribution in [1.82, 2.24) is 0 Å². The second-order valence-corrected chi connectivity index (χ2v) is 4.14. The maximum atomic E-state index is 10.9. The van der Waals surface area contributed by atoms with Crippen LogP contribution in [-0.4, -0.2) is 12.9 Å². The SMILES string of the molecule is COc1cc(Cl)c(/C=C/C(C)=O)c(Cl)c1C. The Hall–Kier alpha value is -0.990. The van der Waals surface area contributed by atoms with Gasteiger partial charge in [0.1, 0.15) is 5.75 Å². The van der Waals surface area contributed by atoms with E-state index in [1.54, 1.807) is 19.3 Å².